The van der Waals surface area contributed by atoms with E-state index in [-0.39, 0.29) is 0 Å². The van der Waals surface area contributed by atoms with E-state index in [1.807, 2.05) is 0 Å². The standard InChI is InChI=1S/C14H18N2/c1-10-6-7-13-12(11(10)2)9-16-8-4-3-5-14(16)15-13/h6-7H,3-5,8-9H2,1-2H3. The molecule has 1 aromatic carbocycles. The molecule has 3 rings (SSSR count). The summed E-state index contributed by atoms with van der Waals surface area (Å²) in [6.07, 6.45) is 3.78. The highest BCUT2D eigenvalue weighted by molar-refractivity contribution is 5.87. The molecule has 0 atom stereocenters. The fraction of sp³-hybridized carbons (Fsp3) is 0.500. The van der Waals surface area contributed by atoms with E-state index in [1.54, 1.807) is 0 Å². The second kappa shape index (κ2) is 3.62. The van der Waals surface area contributed by atoms with E-state index in [0.717, 1.165) is 13.0 Å². The van der Waals surface area contributed by atoms with Gasteiger partial charge in [-0.1, -0.05) is 6.07 Å². The van der Waals surface area contributed by atoms with Gasteiger partial charge in [0.2, 0.25) is 0 Å². The number of fused-ring (bicyclic) bond motifs is 2. The van der Waals surface area contributed by atoms with Crippen LogP contribution in [-0.2, 0) is 6.54 Å². The molecule has 0 N–H and O–H groups in total. The van der Waals surface area contributed by atoms with Crippen LogP contribution in [-0.4, -0.2) is 17.3 Å². The number of rotatable bonds is 0. The maximum Gasteiger partial charge on any atom is 0.105 e. The maximum absolute atomic E-state index is 4.81. The SMILES string of the molecule is Cc1ccc2c(c1C)CN1CCCCC1=N2. The van der Waals surface area contributed by atoms with Gasteiger partial charge in [0, 0.05) is 25.1 Å². The summed E-state index contributed by atoms with van der Waals surface area (Å²) in [6.45, 7) is 6.66. The molecule has 0 radical (unpaired) electrons. The minimum atomic E-state index is 1.07. The van der Waals surface area contributed by atoms with Crippen molar-refractivity contribution in [1.29, 1.82) is 0 Å². The van der Waals surface area contributed by atoms with E-state index in [9.17, 15) is 0 Å². The average Bonchev–Trinajstić information content (AvgIpc) is 2.32. The molecule has 1 aromatic rings. The predicted molar refractivity (Wildman–Crippen MR) is 67.3 cm³/mol. The third-order valence-electron chi connectivity index (χ3n) is 3.89. The molecular formula is C14H18N2. The Labute approximate surface area is 97.0 Å². The van der Waals surface area contributed by atoms with Gasteiger partial charge in [0.25, 0.3) is 0 Å². The molecule has 16 heavy (non-hydrogen) atoms. The van der Waals surface area contributed by atoms with E-state index in [2.05, 4.69) is 30.9 Å². The molecule has 2 heterocycles. The first-order valence-corrected chi connectivity index (χ1v) is 6.17. The zero-order valence-electron chi connectivity index (χ0n) is 10.1. The number of benzene rings is 1. The van der Waals surface area contributed by atoms with Gasteiger partial charge in [-0.05, 0) is 43.9 Å². The molecule has 2 aliphatic heterocycles. The molecule has 84 valence electrons. The van der Waals surface area contributed by atoms with Gasteiger partial charge in [0.05, 0.1) is 5.69 Å². The summed E-state index contributed by atoms with van der Waals surface area (Å²) in [6, 6.07) is 4.37. The number of aliphatic imine (C=N–C) groups is 1. The first kappa shape index (κ1) is 9.88. The summed E-state index contributed by atoms with van der Waals surface area (Å²) in [5, 5.41) is 0. The number of aryl methyl sites for hydroxylation is 1. The van der Waals surface area contributed by atoms with Crippen LogP contribution >= 0.6 is 0 Å². The lowest BCUT2D eigenvalue weighted by Crippen LogP contribution is -2.36. The third-order valence-corrected chi connectivity index (χ3v) is 3.89. The topological polar surface area (TPSA) is 15.6 Å². The van der Waals surface area contributed by atoms with Crippen molar-refractivity contribution >= 4 is 11.5 Å². The number of nitrogens with zero attached hydrogens (tertiary/aromatic N) is 2. The van der Waals surface area contributed by atoms with E-state index in [4.69, 9.17) is 4.99 Å². The molecule has 0 bridgehead atoms. The predicted octanol–water partition coefficient (Wildman–Crippen LogP) is 3.33. The van der Waals surface area contributed by atoms with Crippen LogP contribution in [0, 0.1) is 13.8 Å². The lowest BCUT2D eigenvalue weighted by atomic mass is 9.98. The molecule has 0 aliphatic carbocycles. The second-order valence-electron chi connectivity index (χ2n) is 4.91. The monoisotopic (exact) mass is 214 g/mol. The Morgan fingerprint density at radius 2 is 2.06 bits per heavy atom. The summed E-state index contributed by atoms with van der Waals surface area (Å²) in [7, 11) is 0. The Morgan fingerprint density at radius 3 is 2.94 bits per heavy atom. The van der Waals surface area contributed by atoms with E-state index < -0.39 is 0 Å². The molecule has 0 aromatic heterocycles. The number of hydrogen-bond acceptors (Lipinski definition) is 2. The first-order valence-electron chi connectivity index (χ1n) is 6.17. The van der Waals surface area contributed by atoms with Gasteiger partial charge in [0.15, 0.2) is 0 Å². The van der Waals surface area contributed by atoms with Crippen molar-refractivity contribution in [1.82, 2.24) is 4.90 Å². The van der Waals surface area contributed by atoms with Crippen LogP contribution in [0.1, 0.15) is 36.0 Å². The highest BCUT2D eigenvalue weighted by Gasteiger charge is 2.23. The van der Waals surface area contributed by atoms with Crippen LogP contribution in [0.25, 0.3) is 0 Å². The Morgan fingerprint density at radius 1 is 1.19 bits per heavy atom. The van der Waals surface area contributed by atoms with Gasteiger partial charge in [-0.25, -0.2) is 4.99 Å². The van der Waals surface area contributed by atoms with Gasteiger partial charge < -0.3 is 4.90 Å². The zero-order valence-corrected chi connectivity index (χ0v) is 10.1. The van der Waals surface area contributed by atoms with Gasteiger partial charge in [0.1, 0.15) is 5.84 Å². The van der Waals surface area contributed by atoms with Crippen molar-refractivity contribution in [2.45, 2.75) is 39.7 Å². The Balaban J connectivity index is 2.09. The fourth-order valence-corrected chi connectivity index (χ4v) is 2.66. The highest BCUT2D eigenvalue weighted by Crippen LogP contribution is 2.32. The molecular weight excluding hydrogens is 196 g/mol. The van der Waals surface area contributed by atoms with E-state index in [1.165, 1.54) is 47.6 Å². The van der Waals surface area contributed by atoms with Crippen LogP contribution in [0.15, 0.2) is 17.1 Å². The van der Waals surface area contributed by atoms with Gasteiger partial charge in [-0.2, -0.15) is 0 Å². The Hall–Kier alpha value is -1.31. The maximum atomic E-state index is 4.81. The van der Waals surface area contributed by atoms with E-state index >= 15 is 0 Å². The molecule has 1 fully saturated rings. The number of amidine groups is 1. The zero-order chi connectivity index (χ0) is 11.1. The second-order valence-corrected chi connectivity index (χ2v) is 4.91. The van der Waals surface area contributed by atoms with Gasteiger partial charge >= 0.3 is 0 Å². The summed E-state index contributed by atoms with van der Waals surface area (Å²) in [5.41, 5.74) is 5.45. The van der Waals surface area contributed by atoms with Crippen LogP contribution in [0.3, 0.4) is 0 Å². The van der Waals surface area contributed by atoms with Crippen LogP contribution in [0.4, 0.5) is 5.69 Å². The molecule has 0 saturated carbocycles. The summed E-state index contributed by atoms with van der Waals surface area (Å²) < 4.78 is 0. The molecule has 0 amide bonds. The summed E-state index contributed by atoms with van der Waals surface area (Å²) in [5.74, 6) is 1.31. The summed E-state index contributed by atoms with van der Waals surface area (Å²) >= 11 is 0. The smallest absolute Gasteiger partial charge is 0.105 e. The lowest BCUT2D eigenvalue weighted by Gasteiger charge is -2.34. The average molecular weight is 214 g/mol. The van der Waals surface area contributed by atoms with Crippen LogP contribution < -0.4 is 0 Å². The molecule has 1 saturated heterocycles. The minimum absolute atomic E-state index is 1.07. The Bertz CT molecular complexity index is 460. The summed E-state index contributed by atoms with van der Waals surface area (Å²) in [4.78, 5) is 7.27. The van der Waals surface area contributed by atoms with Crippen molar-refractivity contribution in [3.05, 3.63) is 28.8 Å². The van der Waals surface area contributed by atoms with Crippen molar-refractivity contribution in [2.24, 2.45) is 4.99 Å². The largest absolute Gasteiger partial charge is 0.356 e. The Kier molecular flexibility index (Phi) is 2.23. The molecule has 0 unspecified atom stereocenters. The molecule has 2 aliphatic rings. The normalized spacial score (nSPS) is 18.9. The molecule has 2 nitrogen and oxygen atoms in total. The van der Waals surface area contributed by atoms with Crippen molar-refractivity contribution in [3.63, 3.8) is 0 Å². The van der Waals surface area contributed by atoms with Gasteiger partial charge in [-0.15, -0.1) is 0 Å². The molecule has 2 heteroatoms. The highest BCUT2D eigenvalue weighted by atomic mass is 15.2. The first-order chi connectivity index (χ1) is 7.75. The number of piperidine rings is 1. The number of hydrogen-bond donors (Lipinski definition) is 0. The quantitative estimate of drug-likeness (QED) is 0.646. The van der Waals surface area contributed by atoms with Crippen LogP contribution in [0.2, 0.25) is 0 Å². The third kappa shape index (κ3) is 1.44. The van der Waals surface area contributed by atoms with Gasteiger partial charge in [-0.3, -0.25) is 0 Å². The fourth-order valence-electron chi connectivity index (χ4n) is 2.66. The van der Waals surface area contributed by atoms with E-state index in [0.29, 0.717) is 0 Å². The minimum Gasteiger partial charge on any atom is -0.356 e. The van der Waals surface area contributed by atoms with Crippen molar-refractivity contribution in [2.75, 3.05) is 6.54 Å². The van der Waals surface area contributed by atoms with Crippen LogP contribution in [0.5, 0.6) is 0 Å². The lowest BCUT2D eigenvalue weighted by molar-refractivity contribution is 0.358. The van der Waals surface area contributed by atoms with Crippen molar-refractivity contribution < 1.29 is 0 Å². The molecule has 0 spiro atoms. The van der Waals surface area contributed by atoms with Crippen molar-refractivity contribution in [3.8, 4) is 0 Å².